The first kappa shape index (κ1) is 13.6. The highest BCUT2D eigenvalue weighted by Gasteiger charge is 2.28. The van der Waals surface area contributed by atoms with Gasteiger partial charge >= 0.3 is 0 Å². The summed E-state index contributed by atoms with van der Waals surface area (Å²) in [6.45, 7) is 0. The fraction of sp³-hybridized carbons (Fsp3) is 0.133. The zero-order valence-corrected chi connectivity index (χ0v) is 11.9. The van der Waals surface area contributed by atoms with Gasteiger partial charge in [-0.1, -0.05) is 18.2 Å². The smallest absolute Gasteiger partial charge is 0.238 e. The predicted octanol–water partition coefficient (Wildman–Crippen LogP) is 2.52. The number of nitrogens with one attached hydrogen (secondary N) is 2. The number of pyridine rings is 1. The van der Waals surface area contributed by atoms with Crippen molar-refractivity contribution in [1.82, 2.24) is 4.98 Å². The van der Waals surface area contributed by atoms with Crippen molar-refractivity contribution in [2.24, 2.45) is 0 Å². The highest BCUT2D eigenvalue weighted by Crippen LogP contribution is 2.36. The van der Waals surface area contributed by atoms with Crippen LogP contribution in [0.1, 0.15) is 6.42 Å². The Morgan fingerprint density at radius 1 is 1.24 bits per heavy atom. The summed E-state index contributed by atoms with van der Waals surface area (Å²) in [6, 6.07) is 12.8. The van der Waals surface area contributed by atoms with Crippen LogP contribution in [-0.4, -0.2) is 22.0 Å². The van der Waals surface area contributed by atoms with Gasteiger partial charge in [-0.3, -0.25) is 9.59 Å². The van der Waals surface area contributed by atoms with E-state index in [1.165, 1.54) is 11.8 Å². The van der Waals surface area contributed by atoms with Gasteiger partial charge in [0, 0.05) is 17.5 Å². The van der Waals surface area contributed by atoms with Crippen LogP contribution in [0.25, 0.3) is 0 Å². The van der Waals surface area contributed by atoms with Crippen LogP contribution in [0.5, 0.6) is 0 Å². The highest BCUT2D eigenvalue weighted by atomic mass is 32.2. The highest BCUT2D eigenvalue weighted by molar-refractivity contribution is 8.01. The van der Waals surface area contributed by atoms with Gasteiger partial charge < -0.3 is 10.6 Å². The molecular formula is C15H13N3O2S. The number of rotatable bonds is 3. The molecule has 106 valence electrons. The molecule has 1 aromatic carbocycles. The van der Waals surface area contributed by atoms with Gasteiger partial charge in [0.25, 0.3) is 0 Å². The van der Waals surface area contributed by atoms with Gasteiger partial charge in [0.1, 0.15) is 5.82 Å². The van der Waals surface area contributed by atoms with Gasteiger partial charge in [0.15, 0.2) is 0 Å². The third kappa shape index (κ3) is 3.22. The van der Waals surface area contributed by atoms with E-state index in [-0.39, 0.29) is 18.2 Å². The van der Waals surface area contributed by atoms with Gasteiger partial charge in [-0.15, -0.1) is 11.8 Å². The molecule has 2 N–H and O–H groups in total. The van der Waals surface area contributed by atoms with Crippen molar-refractivity contribution < 1.29 is 9.59 Å². The number of hydrogen-bond acceptors (Lipinski definition) is 4. The quantitative estimate of drug-likeness (QED) is 0.913. The van der Waals surface area contributed by atoms with Crippen LogP contribution >= 0.6 is 11.8 Å². The first-order valence-electron chi connectivity index (χ1n) is 6.50. The first-order chi connectivity index (χ1) is 10.2. The topological polar surface area (TPSA) is 71.1 Å². The maximum absolute atomic E-state index is 12.0. The molecule has 0 fully saturated rings. The zero-order chi connectivity index (χ0) is 14.7. The molecule has 0 saturated heterocycles. The van der Waals surface area contributed by atoms with E-state index in [4.69, 9.17) is 0 Å². The molecule has 1 atom stereocenters. The van der Waals surface area contributed by atoms with Crippen LogP contribution < -0.4 is 10.6 Å². The second-order valence-electron chi connectivity index (χ2n) is 4.56. The van der Waals surface area contributed by atoms with E-state index in [0.29, 0.717) is 5.82 Å². The van der Waals surface area contributed by atoms with E-state index >= 15 is 0 Å². The summed E-state index contributed by atoms with van der Waals surface area (Å²) in [7, 11) is 0. The van der Waals surface area contributed by atoms with Crippen LogP contribution in [-0.2, 0) is 9.59 Å². The average Bonchev–Trinajstić information content (AvgIpc) is 2.49. The fourth-order valence-electron chi connectivity index (χ4n) is 2.03. The average molecular weight is 299 g/mol. The second-order valence-corrected chi connectivity index (χ2v) is 5.80. The molecule has 1 aliphatic heterocycles. The SMILES string of the molecule is O=C(CC1Sc2ccccc2NC1=O)Nc1ccccn1. The Kier molecular flexibility index (Phi) is 3.87. The van der Waals surface area contributed by atoms with E-state index in [0.717, 1.165) is 10.6 Å². The van der Waals surface area contributed by atoms with E-state index in [9.17, 15) is 9.59 Å². The molecule has 1 aromatic heterocycles. The number of aromatic nitrogens is 1. The molecule has 21 heavy (non-hydrogen) atoms. The maximum atomic E-state index is 12.0. The third-order valence-electron chi connectivity index (χ3n) is 3.01. The van der Waals surface area contributed by atoms with Gasteiger partial charge in [-0.2, -0.15) is 0 Å². The maximum Gasteiger partial charge on any atom is 0.238 e. The summed E-state index contributed by atoms with van der Waals surface area (Å²) >= 11 is 1.41. The van der Waals surface area contributed by atoms with Crippen LogP contribution in [0.2, 0.25) is 0 Å². The summed E-state index contributed by atoms with van der Waals surface area (Å²) in [5.41, 5.74) is 0.800. The number of anilines is 2. The van der Waals surface area contributed by atoms with Crippen molar-refractivity contribution in [3.8, 4) is 0 Å². The lowest BCUT2D eigenvalue weighted by molar-refractivity contribution is -0.120. The standard InChI is InChI=1S/C15H13N3O2S/c19-14(18-13-7-3-4-8-16-13)9-12-15(20)17-10-5-1-2-6-11(10)21-12/h1-8,12H,9H2,(H,17,20)(H,16,18,19). The summed E-state index contributed by atoms with van der Waals surface area (Å²) < 4.78 is 0. The number of thioether (sulfide) groups is 1. The Labute approximate surface area is 126 Å². The number of nitrogens with zero attached hydrogens (tertiary/aromatic N) is 1. The summed E-state index contributed by atoms with van der Waals surface area (Å²) in [5, 5.41) is 5.09. The number of benzene rings is 1. The molecule has 0 radical (unpaired) electrons. The Bertz CT molecular complexity index is 676. The number of fused-ring (bicyclic) bond motifs is 1. The van der Waals surface area contributed by atoms with Crippen molar-refractivity contribution in [2.45, 2.75) is 16.6 Å². The lowest BCUT2D eigenvalue weighted by Gasteiger charge is -2.23. The van der Waals surface area contributed by atoms with Gasteiger partial charge in [0.05, 0.1) is 10.9 Å². The van der Waals surface area contributed by atoms with Crippen molar-refractivity contribution in [3.05, 3.63) is 48.7 Å². The minimum atomic E-state index is -0.427. The van der Waals surface area contributed by atoms with Gasteiger partial charge in [-0.05, 0) is 24.3 Å². The number of hydrogen-bond donors (Lipinski definition) is 2. The minimum absolute atomic E-state index is 0.113. The number of amides is 2. The molecule has 0 aliphatic carbocycles. The molecule has 1 aliphatic rings. The molecular weight excluding hydrogens is 286 g/mol. The van der Waals surface area contributed by atoms with E-state index in [1.54, 1.807) is 24.4 Å². The molecule has 2 amide bonds. The molecule has 0 bridgehead atoms. The van der Waals surface area contributed by atoms with Crippen molar-refractivity contribution >= 4 is 35.1 Å². The molecule has 2 heterocycles. The van der Waals surface area contributed by atoms with Crippen molar-refractivity contribution in [2.75, 3.05) is 10.6 Å². The lowest BCUT2D eigenvalue weighted by atomic mass is 10.2. The Morgan fingerprint density at radius 2 is 2.05 bits per heavy atom. The Morgan fingerprint density at radius 3 is 2.86 bits per heavy atom. The molecule has 0 spiro atoms. The third-order valence-corrected chi connectivity index (χ3v) is 4.28. The first-order valence-corrected chi connectivity index (χ1v) is 7.38. The summed E-state index contributed by atoms with van der Waals surface area (Å²) in [6.07, 6.45) is 1.72. The summed E-state index contributed by atoms with van der Waals surface area (Å²) in [4.78, 5) is 29.0. The van der Waals surface area contributed by atoms with E-state index in [1.807, 2.05) is 24.3 Å². The van der Waals surface area contributed by atoms with Crippen molar-refractivity contribution in [1.29, 1.82) is 0 Å². The Hall–Kier alpha value is -2.34. The van der Waals surface area contributed by atoms with Crippen LogP contribution in [0.3, 0.4) is 0 Å². The number of carbonyl (C=O) groups is 2. The largest absolute Gasteiger partial charge is 0.324 e. The zero-order valence-electron chi connectivity index (χ0n) is 11.1. The molecule has 6 heteroatoms. The molecule has 5 nitrogen and oxygen atoms in total. The normalized spacial score (nSPS) is 16.8. The minimum Gasteiger partial charge on any atom is -0.324 e. The molecule has 2 aromatic rings. The van der Waals surface area contributed by atoms with Crippen LogP contribution in [0, 0.1) is 0 Å². The molecule has 0 saturated carbocycles. The predicted molar refractivity (Wildman–Crippen MR) is 82.2 cm³/mol. The van der Waals surface area contributed by atoms with E-state index in [2.05, 4.69) is 15.6 Å². The monoisotopic (exact) mass is 299 g/mol. The Balaban J connectivity index is 1.65. The molecule has 1 unspecified atom stereocenters. The van der Waals surface area contributed by atoms with E-state index < -0.39 is 5.25 Å². The number of carbonyl (C=O) groups excluding carboxylic acids is 2. The second kappa shape index (κ2) is 5.97. The number of para-hydroxylation sites is 1. The van der Waals surface area contributed by atoms with Gasteiger partial charge in [0.2, 0.25) is 11.8 Å². The van der Waals surface area contributed by atoms with Crippen molar-refractivity contribution in [3.63, 3.8) is 0 Å². The van der Waals surface area contributed by atoms with Gasteiger partial charge in [-0.25, -0.2) is 4.98 Å². The fourth-order valence-corrected chi connectivity index (χ4v) is 3.14. The van der Waals surface area contributed by atoms with Crippen LogP contribution in [0.4, 0.5) is 11.5 Å². The molecule has 3 rings (SSSR count). The summed E-state index contributed by atoms with van der Waals surface area (Å²) in [5.74, 6) is 0.125. The lowest BCUT2D eigenvalue weighted by Crippen LogP contribution is -2.32. The van der Waals surface area contributed by atoms with Crippen LogP contribution in [0.15, 0.2) is 53.6 Å².